The van der Waals surface area contributed by atoms with E-state index in [4.69, 9.17) is 0 Å². The molecule has 0 aromatic carbocycles. The van der Waals surface area contributed by atoms with E-state index < -0.39 is 0 Å². The maximum Gasteiger partial charge on any atom is 0.0624 e. The fourth-order valence-corrected chi connectivity index (χ4v) is 2.39. The summed E-state index contributed by atoms with van der Waals surface area (Å²) in [5, 5.41) is 14.5. The van der Waals surface area contributed by atoms with Gasteiger partial charge < -0.3 is 5.11 Å². The Kier molecular flexibility index (Phi) is 6.66. The maximum atomic E-state index is 9.98. The molecule has 3 nitrogen and oxygen atoms in total. The summed E-state index contributed by atoms with van der Waals surface area (Å²) in [6, 6.07) is 2.13. The molecule has 0 saturated carbocycles. The van der Waals surface area contributed by atoms with E-state index in [2.05, 4.69) is 31.3 Å². The molecule has 1 atom stereocenters. The first-order valence-corrected chi connectivity index (χ1v) is 7.83. The van der Waals surface area contributed by atoms with Crippen molar-refractivity contribution in [3.63, 3.8) is 0 Å². The summed E-state index contributed by atoms with van der Waals surface area (Å²) in [5.41, 5.74) is 2.29. The van der Waals surface area contributed by atoms with E-state index in [-0.39, 0.29) is 6.10 Å². The lowest BCUT2D eigenvalue weighted by Crippen LogP contribution is -2.14. The summed E-state index contributed by atoms with van der Waals surface area (Å²) in [6.45, 7) is 5.09. The van der Waals surface area contributed by atoms with E-state index in [0.717, 1.165) is 43.7 Å². The molecule has 1 rings (SSSR count). The molecule has 1 aromatic heterocycles. The zero-order chi connectivity index (χ0) is 12.7. The fourth-order valence-electron chi connectivity index (χ4n) is 1.93. The SMILES string of the molecule is CCc1cc(CC(O)CCCSC)n(CC)n1. The van der Waals surface area contributed by atoms with Crippen molar-refractivity contribution >= 4 is 11.8 Å². The van der Waals surface area contributed by atoms with Crippen molar-refractivity contribution in [2.24, 2.45) is 0 Å². The van der Waals surface area contributed by atoms with Crippen LogP contribution in [0, 0.1) is 0 Å². The molecule has 0 saturated heterocycles. The van der Waals surface area contributed by atoms with Crippen LogP contribution in [0.3, 0.4) is 0 Å². The highest BCUT2D eigenvalue weighted by Gasteiger charge is 2.11. The van der Waals surface area contributed by atoms with Gasteiger partial charge in [0.15, 0.2) is 0 Å². The van der Waals surface area contributed by atoms with E-state index in [1.54, 1.807) is 0 Å². The first kappa shape index (κ1) is 14.6. The summed E-state index contributed by atoms with van der Waals surface area (Å²) in [4.78, 5) is 0. The number of aromatic nitrogens is 2. The van der Waals surface area contributed by atoms with Gasteiger partial charge in [-0.15, -0.1) is 0 Å². The molecule has 0 spiro atoms. The van der Waals surface area contributed by atoms with E-state index in [1.807, 2.05) is 16.4 Å². The normalized spacial score (nSPS) is 12.9. The average Bonchev–Trinajstić information content (AvgIpc) is 2.71. The van der Waals surface area contributed by atoms with Crippen LogP contribution in [0.5, 0.6) is 0 Å². The van der Waals surface area contributed by atoms with Gasteiger partial charge in [0.2, 0.25) is 0 Å². The lowest BCUT2D eigenvalue weighted by Gasteiger charge is -2.10. The summed E-state index contributed by atoms with van der Waals surface area (Å²) in [5.74, 6) is 1.13. The zero-order valence-corrected chi connectivity index (χ0v) is 12.0. The van der Waals surface area contributed by atoms with Crippen LogP contribution >= 0.6 is 11.8 Å². The number of aryl methyl sites for hydroxylation is 2. The molecule has 98 valence electrons. The van der Waals surface area contributed by atoms with E-state index >= 15 is 0 Å². The number of aliphatic hydroxyl groups excluding tert-OH is 1. The van der Waals surface area contributed by atoms with Gasteiger partial charge >= 0.3 is 0 Å². The van der Waals surface area contributed by atoms with Gasteiger partial charge in [-0.3, -0.25) is 4.68 Å². The number of hydrogen-bond donors (Lipinski definition) is 1. The fraction of sp³-hybridized carbons (Fsp3) is 0.769. The first-order chi connectivity index (χ1) is 8.21. The summed E-state index contributed by atoms with van der Waals surface area (Å²) in [7, 11) is 0. The predicted octanol–water partition coefficient (Wildman–Crippen LogP) is 2.51. The Hall–Kier alpha value is -0.480. The van der Waals surface area contributed by atoms with Gasteiger partial charge in [-0.2, -0.15) is 16.9 Å². The van der Waals surface area contributed by atoms with Crippen LogP contribution in [0.1, 0.15) is 38.1 Å². The highest BCUT2D eigenvalue weighted by Crippen LogP contribution is 2.12. The Labute approximate surface area is 109 Å². The third kappa shape index (κ3) is 4.72. The molecular weight excluding hydrogens is 232 g/mol. The molecule has 0 aliphatic heterocycles. The molecule has 0 aliphatic carbocycles. The summed E-state index contributed by atoms with van der Waals surface area (Å²) >= 11 is 1.84. The third-order valence-electron chi connectivity index (χ3n) is 2.91. The molecule has 0 radical (unpaired) electrons. The molecule has 4 heteroatoms. The van der Waals surface area contributed by atoms with E-state index in [1.165, 1.54) is 5.69 Å². The van der Waals surface area contributed by atoms with Crippen molar-refractivity contribution < 1.29 is 5.11 Å². The highest BCUT2D eigenvalue weighted by atomic mass is 32.2. The standard InChI is InChI=1S/C13H24N2OS/c1-4-11-9-12(15(5-2)14-11)10-13(16)7-6-8-17-3/h9,13,16H,4-8,10H2,1-3H3. The minimum absolute atomic E-state index is 0.228. The smallest absolute Gasteiger partial charge is 0.0624 e. The molecule has 1 heterocycles. The zero-order valence-electron chi connectivity index (χ0n) is 11.1. The molecule has 17 heavy (non-hydrogen) atoms. The van der Waals surface area contributed by atoms with Crippen LogP contribution in [0.2, 0.25) is 0 Å². The van der Waals surface area contributed by atoms with Crippen LogP contribution in [0.15, 0.2) is 6.07 Å². The summed E-state index contributed by atoms with van der Waals surface area (Å²) in [6.07, 6.45) is 5.54. The van der Waals surface area contributed by atoms with Crippen LogP contribution in [0.25, 0.3) is 0 Å². The second-order valence-corrected chi connectivity index (χ2v) is 5.27. The Balaban J connectivity index is 2.51. The molecule has 0 bridgehead atoms. The predicted molar refractivity (Wildman–Crippen MR) is 74.6 cm³/mol. The van der Waals surface area contributed by atoms with Gasteiger partial charge in [-0.1, -0.05) is 6.92 Å². The third-order valence-corrected chi connectivity index (χ3v) is 3.60. The maximum absolute atomic E-state index is 9.98. The van der Waals surface area contributed by atoms with Gasteiger partial charge in [0.05, 0.1) is 11.8 Å². The van der Waals surface area contributed by atoms with Gasteiger partial charge in [-0.25, -0.2) is 0 Å². The molecule has 0 aliphatic rings. The minimum atomic E-state index is -0.228. The van der Waals surface area contributed by atoms with Gasteiger partial charge in [0.25, 0.3) is 0 Å². The van der Waals surface area contributed by atoms with Gasteiger partial charge in [-0.05, 0) is 44.3 Å². The molecule has 1 aromatic rings. The van der Waals surface area contributed by atoms with Crippen molar-refractivity contribution in [1.82, 2.24) is 9.78 Å². The Morgan fingerprint density at radius 1 is 1.47 bits per heavy atom. The average molecular weight is 256 g/mol. The van der Waals surface area contributed by atoms with Crippen molar-refractivity contribution in [1.29, 1.82) is 0 Å². The number of aliphatic hydroxyl groups is 1. The van der Waals surface area contributed by atoms with Crippen LogP contribution in [-0.4, -0.2) is 33.0 Å². The number of nitrogens with zero attached hydrogens (tertiary/aromatic N) is 2. The molecule has 0 fully saturated rings. The number of thioether (sulfide) groups is 1. The number of hydrogen-bond acceptors (Lipinski definition) is 3. The topological polar surface area (TPSA) is 38.0 Å². The lowest BCUT2D eigenvalue weighted by molar-refractivity contribution is 0.161. The van der Waals surface area contributed by atoms with Crippen molar-refractivity contribution in [2.75, 3.05) is 12.0 Å². The van der Waals surface area contributed by atoms with Crippen molar-refractivity contribution in [3.05, 3.63) is 17.5 Å². The van der Waals surface area contributed by atoms with Gasteiger partial charge in [0.1, 0.15) is 0 Å². The largest absolute Gasteiger partial charge is 0.393 e. The first-order valence-electron chi connectivity index (χ1n) is 6.43. The molecule has 0 amide bonds. The van der Waals surface area contributed by atoms with Crippen LogP contribution < -0.4 is 0 Å². The Morgan fingerprint density at radius 2 is 2.24 bits per heavy atom. The monoisotopic (exact) mass is 256 g/mol. The Morgan fingerprint density at radius 3 is 2.82 bits per heavy atom. The Bertz CT molecular complexity index is 325. The second kappa shape index (κ2) is 7.77. The second-order valence-electron chi connectivity index (χ2n) is 4.29. The molecule has 1 N–H and O–H groups in total. The molecular formula is C13H24N2OS. The van der Waals surface area contributed by atoms with Crippen LogP contribution in [-0.2, 0) is 19.4 Å². The quantitative estimate of drug-likeness (QED) is 0.726. The lowest BCUT2D eigenvalue weighted by atomic mass is 10.1. The minimum Gasteiger partial charge on any atom is -0.393 e. The van der Waals surface area contributed by atoms with Crippen molar-refractivity contribution in [2.45, 2.75) is 52.2 Å². The number of rotatable bonds is 8. The van der Waals surface area contributed by atoms with Crippen LogP contribution in [0.4, 0.5) is 0 Å². The molecule has 1 unspecified atom stereocenters. The summed E-state index contributed by atoms with van der Waals surface area (Å²) < 4.78 is 2.01. The van der Waals surface area contributed by atoms with E-state index in [9.17, 15) is 5.11 Å². The highest BCUT2D eigenvalue weighted by molar-refractivity contribution is 7.98. The van der Waals surface area contributed by atoms with E-state index in [0.29, 0.717) is 0 Å². The van der Waals surface area contributed by atoms with Crippen molar-refractivity contribution in [3.8, 4) is 0 Å². The van der Waals surface area contributed by atoms with Gasteiger partial charge in [0, 0.05) is 18.7 Å².